The molecule has 4 heteroatoms. The van der Waals surface area contributed by atoms with Crippen molar-refractivity contribution >= 4 is 23.2 Å². The molecule has 14 heavy (non-hydrogen) atoms. The smallest absolute Gasteiger partial charge is 0.240 e. The summed E-state index contributed by atoms with van der Waals surface area (Å²) >= 11 is 5.78. The molecule has 1 amide bonds. The molecule has 1 aliphatic rings. The molecule has 0 radical (unpaired) electrons. The van der Waals surface area contributed by atoms with Crippen molar-refractivity contribution in [1.29, 1.82) is 0 Å². The summed E-state index contributed by atoms with van der Waals surface area (Å²) in [6.07, 6.45) is 0.544. The first-order valence-electron chi connectivity index (χ1n) is 4.51. The van der Waals surface area contributed by atoms with Crippen molar-refractivity contribution in [1.82, 2.24) is 5.43 Å². The Balaban J connectivity index is 2.23. The van der Waals surface area contributed by atoms with E-state index in [-0.39, 0.29) is 11.9 Å². The normalized spacial score (nSPS) is 21.1. The summed E-state index contributed by atoms with van der Waals surface area (Å²) in [7, 11) is 0. The first kappa shape index (κ1) is 9.34. The molecule has 2 rings (SSSR count). The molecule has 1 atom stereocenters. The van der Waals surface area contributed by atoms with Crippen LogP contribution in [-0.2, 0) is 4.79 Å². The van der Waals surface area contributed by atoms with Crippen LogP contribution in [-0.4, -0.2) is 11.9 Å². The highest BCUT2D eigenvalue weighted by molar-refractivity contribution is 6.30. The van der Waals surface area contributed by atoms with Crippen LogP contribution in [0.4, 0.5) is 5.69 Å². The lowest BCUT2D eigenvalue weighted by molar-refractivity contribution is -0.119. The number of hydrogen-bond donors (Lipinski definition) is 1. The number of carbonyl (C=O) groups excluding carboxylic acids is 1. The fourth-order valence-electron chi connectivity index (χ4n) is 1.57. The van der Waals surface area contributed by atoms with Gasteiger partial charge in [-0.1, -0.05) is 11.6 Å². The average Bonchev–Trinajstić information content (AvgIpc) is 2.47. The number of hydrogen-bond acceptors (Lipinski definition) is 2. The third-order valence-corrected chi connectivity index (χ3v) is 2.52. The van der Waals surface area contributed by atoms with Crippen LogP contribution in [0.3, 0.4) is 0 Å². The Morgan fingerprint density at radius 3 is 2.57 bits per heavy atom. The molecular weight excluding hydrogens is 200 g/mol. The van der Waals surface area contributed by atoms with E-state index in [0.29, 0.717) is 11.4 Å². The predicted molar refractivity (Wildman–Crippen MR) is 56.2 cm³/mol. The van der Waals surface area contributed by atoms with Crippen LogP contribution in [0.25, 0.3) is 0 Å². The maximum absolute atomic E-state index is 11.1. The van der Waals surface area contributed by atoms with E-state index in [0.717, 1.165) is 5.69 Å². The van der Waals surface area contributed by atoms with Gasteiger partial charge in [0.05, 0.1) is 18.2 Å². The Labute approximate surface area is 87.6 Å². The van der Waals surface area contributed by atoms with E-state index in [2.05, 4.69) is 5.43 Å². The molecule has 1 N–H and O–H groups in total. The zero-order valence-corrected chi connectivity index (χ0v) is 8.58. The molecule has 1 saturated heterocycles. The van der Waals surface area contributed by atoms with E-state index in [9.17, 15) is 4.79 Å². The number of nitrogens with zero attached hydrogens (tertiary/aromatic N) is 1. The SMILES string of the molecule is CC1CC(=O)NN1c1ccc(Cl)cc1. The molecule has 1 heterocycles. The van der Waals surface area contributed by atoms with E-state index in [1.54, 1.807) is 0 Å². The lowest BCUT2D eigenvalue weighted by atomic mass is 10.2. The number of carbonyl (C=O) groups is 1. The van der Waals surface area contributed by atoms with Gasteiger partial charge >= 0.3 is 0 Å². The van der Waals surface area contributed by atoms with Crippen LogP contribution in [0.2, 0.25) is 5.02 Å². The van der Waals surface area contributed by atoms with Gasteiger partial charge in [0.15, 0.2) is 0 Å². The minimum atomic E-state index is 0.0625. The first-order valence-corrected chi connectivity index (χ1v) is 4.89. The largest absolute Gasteiger partial charge is 0.282 e. The first-order chi connectivity index (χ1) is 6.66. The van der Waals surface area contributed by atoms with Gasteiger partial charge in [-0.3, -0.25) is 15.2 Å². The van der Waals surface area contributed by atoms with Crippen molar-refractivity contribution in [3.8, 4) is 0 Å². The van der Waals surface area contributed by atoms with Crippen molar-refractivity contribution < 1.29 is 4.79 Å². The standard InChI is InChI=1S/C10H11ClN2O/c1-7-6-10(14)12-13(7)9-4-2-8(11)3-5-9/h2-5,7H,6H2,1H3,(H,12,14). The summed E-state index contributed by atoms with van der Waals surface area (Å²) in [6, 6.07) is 7.61. The van der Waals surface area contributed by atoms with Crippen LogP contribution in [0, 0.1) is 0 Å². The van der Waals surface area contributed by atoms with Crippen molar-refractivity contribution in [2.24, 2.45) is 0 Å². The average molecular weight is 211 g/mol. The Morgan fingerprint density at radius 2 is 2.07 bits per heavy atom. The Kier molecular flexibility index (Phi) is 2.33. The third-order valence-electron chi connectivity index (χ3n) is 2.27. The molecule has 1 aromatic carbocycles. The fraction of sp³-hybridized carbons (Fsp3) is 0.300. The number of benzene rings is 1. The number of rotatable bonds is 1. The number of anilines is 1. The van der Waals surface area contributed by atoms with E-state index >= 15 is 0 Å². The second-order valence-corrected chi connectivity index (χ2v) is 3.87. The molecule has 1 aliphatic heterocycles. The van der Waals surface area contributed by atoms with Crippen molar-refractivity contribution in [2.75, 3.05) is 5.01 Å². The molecule has 1 unspecified atom stereocenters. The number of hydrazine groups is 1. The van der Waals surface area contributed by atoms with Crippen molar-refractivity contribution in [2.45, 2.75) is 19.4 Å². The highest BCUT2D eigenvalue weighted by Gasteiger charge is 2.26. The van der Waals surface area contributed by atoms with Crippen molar-refractivity contribution in [3.05, 3.63) is 29.3 Å². The molecular formula is C10H11ClN2O. The second kappa shape index (κ2) is 3.50. The maximum atomic E-state index is 11.1. The van der Waals surface area contributed by atoms with Gasteiger partial charge in [0.1, 0.15) is 0 Å². The van der Waals surface area contributed by atoms with Gasteiger partial charge in [-0.15, -0.1) is 0 Å². The number of nitrogens with one attached hydrogen (secondary N) is 1. The third kappa shape index (κ3) is 1.68. The monoisotopic (exact) mass is 210 g/mol. The van der Waals surface area contributed by atoms with Gasteiger partial charge in [0.2, 0.25) is 5.91 Å². The molecule has 0 bridgehead atoms. The zero-order valence-electron chi connectivity index (χ0n) is 7.83. The van der Waals surface area contributed by atoms with Gasteiger partial charge in [-0.25, -0.2) is 0 Å². The second-order valence-electron chi connectivity index (χ2n) is 3.43. The molecule has 1 aromatic rings. The van der Waals surface area contributed by atoms with Crippen LogP contribution in [0.15, 0.2) is 24.3 Å². The molecule has 0 spiro atoms. The molecule has 0 saturated carbocycles. The van der Waals surface area contributed by atoms with E-state index in [1.807, 2.05) is 36.2 Å². The van der Waals surface area contributed by atoms with Crippen LogP contribution >= 0.6 is 11.6 Å². The lowest BCUT2D eigenvalue weighted by Gasteiger charge is -2.22. The maximum Gasteiger partial charge on any atom is 0.240 e. The molecule has 3 nitrogen and oxygen atoms in total. The molecule has 1 fully saturated rings. The summed E-state index contributed by atoms with van der Waals surface area (Å²) in [5, 5.41) is 2.56. The van der Waals surface area contributed by atoms with E-state index < -0.39 is 0 Å². The van der Waals surface area contributed by atoms with Crippen molar-refractivity contribution in [3.63, 3.8) is 0 Å². The fourth-order valence-corrected chi connectivity index (χ4v) is 1.70. The number of halogens is 1. The highest BCUT2D eigenvalue weighted by Crippen LogP contribution is 2.22. The van der Waals surface area contributed by atoms with Gasteiger partial charge in [-0.05, 0) is 31.2 Å². The minimum absolute atomic E-state index is 0.0625. The molecule has 0 aliphatic carbocycles. The zero-order chi connectivity index (χ0) is 10.1. The summed E-state index contributed by atoms with van der Waals surface area (Å²) in [4.78, 5) is 11.1. The lowest BCUT2D eigenvalue weighted by Crippen LogP contribution is -2.36. The highest BCUT2D eigenvalue weighted by atomic mass is 35.5. The summed E-state index contributed by atoms with van der Waals surface area (Å²) in [5.41, 5.74) is 3.76. The molecule has 0 aromatic heterocycles. The van der Waals surface area contributed by atoms with E-state index in [1.165, 1.54) is 0 Å². The van der Waals surface area contributed by atoms with Gasteiger partial charge in [0, 0.05) is 5.02 Å². The Bertz CT molecular complexity index is 350. The quantitative estimate of drug-likeness (QED) is 0.769. The Hall–Kier alpha value is -1.22. The van der Waals surface area contributed by atoms with Crippen LogP contribution in [0.1, 0.15) is 13.3 Å². The van der Waals surface area contributed by atoms with Gasteiger partial charge in [0.25, 0.3) is 0 Å². The summed E-state index contributed by atoms with van der Waals surface area (Å²) in [5.74, 6) is 0.0625. The Morgan fingerprint density at radius 1 is 1.43 bits per heavy atom. The van der Waals surface area contributed by atoms with Crippen LogP contribution in [0.5, 0.6) is 0 Å². The molecule has 74 valence electrons. The number of amides is 1. The van der Waals surface area contributed by atoms with Crippen LogP contribution < -0.4 is 10.4 Å². The minimum Gasteiger partial charge on any atom is -0.282 e. The van der Waals surface area contributed by atoms with E-state index in [4.69, 9.17) is 11.6 Å². The summed E-state index contributed by atoms with van der Waals surface area (Å²) in [6.45, 7) is 2.01. The van der Waals surface area contributed by atoms with Gasteiger partial charge in [-0.2, -0.15) is 0 Å². The predicted octanol–water partition coefficient (Wildman–Crippen LogP) is 1.97. The summed E-state index contributed by atoms with van der Waals surface area (Å²) < 4.78 is 0. The van der Waals surface area contributed by atoms with Gasteiger partial charge < -0.3 is 0 Å². The topological polar surface area (TPSA) is 32.3 Å².